The number of nitrogens with zero attached hydrogens (tertiary/aromatic N) is 1. The van der Waals surface area contributed by atoms with E-state index in [1.165, 1.54) is 17.9 Å². The lowest BCUT2D eigenvalue weighted by Crippen LogP contribution is -2.49. The van der Waals surface area contributed by atoms with E-state index in [-0.39, 0.29) is 0 Å². The number of aromatic amines is 1. The molecule has 2 saturated heterocycles. The van der Waals surface area contributed by atoms with Crippen molar-refractivity contribution in [1.82, 2.24) is 9.55 Å². The van der Waals surface area contributed by atoms with Gasteiger partial charge in [0.1, 0.15) is 11.7 Å². The van der Waals surface area contributed by atoms with E-state index in [2.05, 4.69) is 4.98 Å². The smallest absolute Gasteiger partial charge is 0.370 e. The third kappa shape index (κ3) is 2.89. The molecule has 8 nitrogen and oxygen atoms in total. The van der Waals surface area contributed by atoms with Gasteiger partial charge in [-0.2, -0.15) is 0 Å². The van der Waals surface area contributed by atoms with Gasteiger partial charge in [0, 0.05) is 18.2 Å². The van der Waals surface area contributed by atoms with Crippen LogP contribution in [-0.4, -0.2) is 41.1 Å². The Kier molecular flexibility index (Phi) is 5.01. The Labute approximate surface area is 144 Å². The van der Waals surface area contributed by atoms with E-state index in [1.807, 2.05) is 6.92 Å². The molecule has 5 atom stereocenters. The molecule has 2 bridgehead atoms. The van der Waals surface area contributed by atoms with Gasteiger partial charge in [-0.15, -0.1) is 9.05 Å². The number of rotatable bonds is 5. The van der Waals surface area contributed by atoms with E-state index in [4.69, 9.17) is 30.3 Å². The van der Waals surface area contributed by atoms with Crippen molar-refractivity contribution in [3.05, 3.63) is 32.6 Å². The summed E-state index contributed by atoms with van der Waals surface area (Å²) < 4.78 is 24.4. The standard InChI is InChI=1S/C14H19N2O6PS/c1-4-14-5-6-20-9(10(14)22-23(24)19-3)12(21-14)16-7-8(2)11(17)15-13(16)18/h7,9-10,12H,4-6H2,1-3H3/p+1/t9?,10?,12-,14+/m1/s1. The van der Waals surface area contributed by atoms with Crippen molar-refractivity contribution in [2.75, 3.05) is 13.7 Å². The van der Waals surface area contributed by atoms with Crippen LogP contribution in [0.25, 0.3) is 0 Å². The Balaban J connectivity index is 2.02. The topological polar surface area (TPSA) is 91.8 Å². The van der Waals surface area contributed by atoms with Crippen LogP contribution in [0.3, 0.4) is 0 Å². The molecule has 24 heavy (non-hydrogen) atoms. The Bertz CT molecular complexity index is 764. The summed E-state index contributed by atoms with van der Waals surface area (Å²) in [5.41, 5.74) is -1.12. The molecule has 0 radical (unpaired) electrons. The van der Waals surface area contributed by atoms with Gasteiger partial charge in [0.2, 0.25) is 11.8 Å². The fourth-order valence-electron chi connectivity index (χ4n) is 3.31. The summed E-state index contributed by atoms with van der Waals surface area (Å²) in [5, 5.41) is 0. The van der Waals surface area contributed by atoms with Crippen molar-refractivity contribution in [3.8, 4) is 0 Å². The second-order valence-electron chi connectivity index (χ2n) is 5.92. The molecule has 3 unspecified atom stereocenters. The van der Waals surface area contributed by atoms with E-state index >= 15 is 0 Å². The van der Waals surface area contributed by atoms with E-state index in [0.29, 0.717) is 25.0 Å². The number of hydrogen-bond acceptors (Lipinski definition) is 7. The number of ether oxygens (including phenoxy) is 2. The summed E-state index contributed by atoms with van der Waals surface area (Å²) in [4.78, 5) is 26.1. The lowest BCUT2D eigenvalue weighted by Gasteiger charge is -2.34. The van der Waals surface area contributed by atoms with Gasteiger partial charge in [0.05, 0.1) is 13.7 Å². The highest BCUT2D eigenvalue weighted by atomic mass is 32.4. The summed E-state index contributed by atoms with van der Waals surface area (Å²) in [6, 6.07) is 0. The zero-order valence-corrected chi connectivity index (χ0v) is 15.4. The molecule has 1 N–H and O–H groups in total. The van der Waals surface area contributed by atoms with Gasteiger partial charge < -0.3 is 9.47 Å². The van der Waals surface area contributed by atoms with Crippen LogP contribution in [0.15, 0.2) is 15.8 Å². The van der Waals surface area contributed by atoms with Crippen molar-refractivity contribution in [2.24, 2.45) is 0 Å². The highest BCUT2D eigenvalue weighted by molar-refractivity contribution is 8.00. The maximum absolute atomic E-state index is 12.2. The second-order valence-corrected chi connectivity index (χ2v) is 7.84. The third-order valence-corrected chi connectivity index (χ3v) is 6.06. The third-order valence-electron chi connectivity index (χ3n) is 4.66. The molecular formula is C14H20N2O6PS+. The summed E-state index contributed by atoms with van der Waals surface area (Å²) in [5.74, 6) is 0. The van der Waals surface area contributed by atoms with Gasteiger partial charge in [0.25, 0.3) is 5.56 Å². The highest BCUT2D eigenvalue weighted by Gasteiger charge is 2.61. The number of fused-ring (bicyclic) bond motifs is 2. The van der Waals surface area contributed by atoms with Crippen LogP contribution in [-0.2, 0) is 30.3 Å². The number of nitrogens with one attached hydrogen (secondary N) is 1. The van der Waals surface area contributed by atoms with E-state index < -0.39 is 42.4 Å². The molecule has 3 rings (SSSR count). The quantitative estimate of drug-likeness (QED) is 0.771. The highest BCUT2D eigenvalue weighted by Crippen LogP contribution is 2.50. The summed E-state index contributed by atoms with van der Waals surface area (Å²) in [7, 11) is 0.0162. The molecule has 0 aliphatic carbocycles. The van der Waals surface area contributed by atoms with E-state index in [0.717, 1.165) is 0 Å². The van der Waals surface area contributed by atoms with Crippen molar-refractivity contribution in [1.29, 1.82) is 0 Å². The van der Waals surface area contributed by atoms with Crippen LogP contribution < -0.4 is 11.2 Å². The largest absolute Gasteiger partial charge is 0.521 e. The molecule has 2 aliphatic rings. The fourth-order valence-corrected chi connectivity index (χ4v) is 4.17. The van der Waals surface area contributed by atoms with Gasteiger partial charge in [-0.25, -0.2) is 4.79 Å². The predicted molar refractivity (Wildman–Crippen MR) is 89.7 cm³/mol. The zero-order valence-electron chi connectivity index (χ0n) is 13.7. The first-order chi connectivity index (χ1) is 11.4. The molecule has 132 valence electrons. The number of aromatic nitrogens is 2. The van der Waals surface area contributed by atoms with Gasteiger partial charge in [0.15, 0.2) is 12.3 Å². The maximum Gasteiger partial charge on any atom is 0.521 e. The van der Waals surface area contributed by atoms with Crippen LogP contribution in [0, 0.1) is 6.92 Å². The van der Waals surface area contributed by atoms with Crippen molar-refractivity contribution < 1.29 is 18.5 Å². The number of aryl methyl sites for hydroxylation is 1. The molecule has 2 aliphatic heterocycles. The summed E-state index contributed by atoms with van der Waals surface area (Å²) >= 11 is 5.16. The van der Waals surface area contributed by atoms with E-state index in [1.54, 1.807) is 6.92 Å². The first-order valence-corrected chi connectivity index (χ1v) is 9.90. The molecule has 0 aromatic carbocycles. The molecule has 1 aromatic rings. The zero-order chi connectivity index (χ0) is 17.5. The molecule has 3 heterocycles. The molecule has 0 spiro atoms. The predicted octanol–water partition coefficient (Wildman–Crippen LogP) is 1.12. The maximum atomic E-state index is 12.2. The summed E-state index contributed by atoms with van der Waals surface area (Å²) in [6.07, 6.45) is 1.21. The minimum Gasteiger partial charge on any atom is -0.370 e. The average Bonchev–Trinajstić information content (AvgIpc) is 2.73. The van der Waals surface area contributed by atoms with Gasteiger partial charge >= 0.3 is 12.8 Å². The first kappa shape index (κ1) is 17.8. The minimum atomic E-state index is -1.48. The second kappa shape index (κ2) is 6.74. The lowest BCUT2D eigenvalue weighted by molar-refractivity contribution is -0.113. The monoisotopic (exact) mass is 375 g/mol. The molecule has 10 heteroatoms. The minimum absolute atomic E-state index is 0.412. The molecule has 0 amide bonds. The Morgan fingerprint density at radius 1 is 1.54 bits per heavy atom. The molecule has 1 aromatic heterocycles. The Hall–Kier alpha value is -0.960. The SMILES string of the molecule is CC[C@]12CCOC(C1O[P+](=S)OC)[C@H](n1cc(C)c(=O)[nH]c1=O)O2. The Morgan fingerprint density at radius 2 is 2.29 bits per heavy atom. The van der Waals surface area contributed by atoms with Crippen LogP contribution in [0.4, 0.5) is 0 Å². The van der Waals surface area contributed by atoms with Crippen LogP contribution in [0.2, 0.25) is 0 Å². The number of hydrogen-bond donors (Lipinski definition) is 1. The summed E-state index contributed by atoms with van der Waals surface area (Å²) in [6.45, 7) is 4.14. The van der Waals surface area contributed by atoms with Crippen molar-refractivity contribution >= 4 is 19.0 Å². The molecule has 2 fully saturated rings. The van der Waals surface area contributed by atoms with Gasteiger partial charge in [-0.1, -0.05) is 6.92 Å². The fraction of sp³-hybridized carbons (Fsp3) is 0.714. The molecular weight excluding hydrogens is 355 g/mol. The van der Waals surface area contributed by atoms with Gasteiger partial charge in [-0.3, -0.25) is 14.3 Å². The normalized spacial score (nSPS) is 32.8. The average molecular weight is 375 g/mol. The van der Waals surface area contributed by atoms with Gasteiger partial charge in [-0.05, 0) is 13.3 Å². The van der Waals surface area contributed by atoms with Crippen LogP contribution in [0.5, 0.6) is 0 Å². The van der Waals surface area contributed by atoms with Crippen molar-refractivity contribution in [3.63, 3.8) is 0 Å². The first-order valence-electron chi connectivity index (χ1n) is 7.71. The number of H-pyrrole nitrogens is 1. The lowest BCUT2D eigenvalue weighted by atomic mass is 9.87. The molecule has 0 saturated carbocycles. The van der Waals surface area contributed by atoms with Crippen LogP contribution in [0.1, 0.15) is 31.6 Å². The van der Waals surface area contributed by atoms with E-state index in [9.17, 15) is 9.59 Å². The van der Waals surface area contributed by atoms with Crippen LogP contribution >= 0.6 is 7.15 Å². The van der Waals surface area contributed by atoms with Crippen molar-refractivity contribution in [2.45, 2.75) is 50.7 Å². The Morgan fingerprint density at radius 3 is 2.96 bits per heavy atom.